The number of rotatable bonds is 8. The van der Waals surface area contributed by atoms with Crippen molar-refractivity contribution >= 4 is 21.8 Å². The Kier molecular flexibility index (Phi) is 6.70. The first-order chi connectivity index (χ1) is 8.54. The van der Waals surface area contributed by atoms with Gasteiger partial charge < -0.3 is 5.32 Å². The van der Waals surface area contributed by atoms with Crippen LogP contribution in [0.5, 0.6) is 0 Å². The van der Waals surface area contributed by atoms with Gasteiger partial charge >= 0.3 is 0 Å². The Labute approximate surface area is 113 Å². The van der Waals surface area contributed by atoms with Crippen LogP contribution in [0.25, 0.3) is 0 Å². The van der Waals surface area contributed by atoms with E-state index in [9.17, 15) is 8.42 Å². The lowest BCUT2D eigenvalue weighted by Crippen LogP contribution is -2.15. The normalized spacial score (nSPS) is 11.7. The highest BCUT2D eigenvalue weighted by atomic mass is 32.2. The monoisotopic (exact) mass is 288 g/mol. The molecule has 18 heavy (non-hydrogen) atoms. The van der Waals surface area contributed by atoms with Crippen LogP contribution in [0, 0.1) is 0 Å². The predicted molar refractivity (Wildman–Crippen MR) is 77.1 cm³/mol. The largest absolute Gasteiger partial charge is 0.313 e. The molecule has 0 saturated carbocycles. The first-order valence-electron chi connectivity index (χ1n) is 5.85. The smallest absolute Gasteiger partial charge is 0.238 e. The van der Waals surface area contributed by atoms with E-state index in [-0.39, 0.29) is 4.90 Å². The van der Waals surface area contributed by atoms with Crippen molar-refractivity contribution in [1.29, 1.82) is 0 Å². The van der Waals surface area contributed by atoms with Crippen LogP contribution in [0.1, 0.15) is 18.4 Å². The van der Waals surface area contributed by atoms with E-state index >= 15 is 0 Å². The van der Waals surface area contributed by atoms with Gasteiger partial charge in [-0.3, -0.25) is 0 Å². The maximum Gasteiger partial charge on any atom is 0.238 e. The molecule has 0 bridgehead atoms. The Morgan fingerprint density at radius 2 is 1.89 bits per heavy atom. The molecule has 1 rings (SSSR count). The van der Waals surface area contributed by atoms with Crippen LogP contribution in [0.3, 0.4) is 0 Å². The SMILES string of the molecule is CSCCCCNCc1ccc(S(N)(=O)=O)cc1. The minimum absolute atomic E-state index is 0.159. The zero-order chi connectivity index (χ0) is 13.4. The van der Waals surface area contributed by atoms with Gasteiger partial charge in [0, 0.05) is 6.54 Å². The van der Waals surface area contributed by atoms with E-state index in [0.29, 0.717) is 0 Å². The number of benzene rings is 1. The van der Waals surface area contributed by atoms with Crippen molar-refractivity contribution in [3.63, 3.8) is 0 Å². The van der Waals surface area contributed by atoms with Crippen LogP contribution in [0.4, 0.5) is 0 Å². The summed E-state index contributed by atoms with van der Waals surface area (Å²) in [5.74, 6) is 1.20. The number of sulfonamides is 1. The number of nitrogens with two attached hydrogens (primary N) is 1. The summed E-state index contributed by atoms with van der Waals surface area (Å²) >= 11 is 1.86. The Morgan fingerprint density at radius 3 is 2.44 bits per heavy atom. The summed E-state index contributed by atoms with van der Waals surface area (Å²) < 4.78 is 22.1. The van der Waals surface area contributed by atoms with Crippen molar-refractivity contribution in [2.75, 3.05) is 18.6 Å². The van der Waals surface area contributed by atoms with Gasteiger partial charge in [-0.1, -0.05) is 12.1 Å². The molecule has 0 aliphatic heterocycles. The van der Waals surface area contributed by atoms with Crippen molar-refractivity contribution in [1.82, 2.24) is 5.32 Å². The van der Waals surface area contributed by atoms with Gasteiger partial charge in [0.15, 0.2) is 0 Å². The van der Waals surface area contributed by atoms with Gasteiger partial charge in [0.2, 0.25) is 10.0 Å². The third kappa shape index (κ3) is 5.86. The van der Waals surface area contributed by atoms with Crippen molar-refractivity contribution in [3.8, 4) is 0 Å². The summed E-state index contributed by atoms with van der Waals surface area (Å²) in [5.41, 5.74) is 1.06. The molecular weight excluding hydrogens is 268 g/mol. The molecule has 0 heterocycles. The summed E-state index contributed by atoms with van der Waals surface area (Å²) in [6.07, 6.45) is 4.50. The van der Waals surface area contributed by atoms with Gasteiger partial charge in [0.05, 0.1) is 4.90 Å². The highest BCUT2D eigenvalue weighted by Gasteiger charge is 2.06. The molecule has 4 nitrogen and oxygen atoms in total. The zero-order valence-corrected chi connectivity index (χ0v) is 12.2. The number of primary sulfonamides is 1. The first kappa shape index (κ1) is 15.5. The van der Waals surface area contributed by atoms with Crippen LogP contribution in [-0.4, -0.2) is 27.0 Å². The zero-order valence-electron chi connectivity index (χ0n) is 10.6. The molecule has 0 radical (unpaired) electrons. The molecule has 0 aliphatic rings. The van der Waals surface area contributed by atoms with E-state index in [4.69, 9.17) is 5.14 Å². The fourth-order valence-corrected chi connectivity index (χ4v) is 2.53. The number of thioether (sulfide) groups is 1. The molecule has 0 unspecified atom stereocenters. The van der Waals surface area contributed by atoms with E-state index in [2.05, 4.69) is 11.6 Å². The summed E-state index contributed by atoms with van der Waals surface area (Å²) in [6.45, 7) is 1.74. The van der Waals surface area contributed by atoms with Gasteiger partial charge in [0.1, 0.15) is 0 Å². The lowest BCUT2D eigenvalue weighted by atomic mass is 10.2. The van der Waals surface area contributed by atoms with Crippen LogP contribution in [-0.2, 0) is 16.6 Å². The van der Waals surface area contributed by atoms with Crippen molar-refractivity contribution in [2.24, 2.45) is 5.14 Å². The molecular formula is C12H20N2O2S2. The minimum Gasteiger partial charge on any atom is -0.313 e. The van der Waals surface area contributed by atoms with E-state index in [1.54, 1.807) is 24.3 Å². The molecule has 1 aromatic carbocycles. The molecule has 1 aromatic rings. The highest BCUT2D eigenvalue weighted by Crippen LogP contribution is 2.08. The average molecular weight is 288 g/mol. The van der Waals surface area contributed by atoms with Crippen molar-refractivity contribution < 1.29 is 8.42 Å². The second-order valence-electron chi connectivity index (χ2n) is 4.07. The molecule has 0 atom stereocenters. The molecule has 0 fully saturated rings. The summed E-state index contributed by atoms with van der Waals surface area (Å²) in [6, 6.07) is 6.66. The van der Waals surface area contributed by atoms with Gasteiger partial charge in [0.25, 0.3) is 0 Å². The van der Waals surface area contributed by atoms with Crippen LogP contribution < -0.4 is 10.5 Å². The second-order valence-corrected chi connectivity index (χ2v) is 6.61. The lowest BCUT2D eigenvalue weighted by Gasteiger charge is -2.05. The van der Waals surface area contributed by atoms with Crippen LogP contribution in [0.2, 0.25) is 0 Å². The third-order valence-corrected chi connectivity index (χ3v) is 4.16. The minimum atomic E-state index is -3.58. The van der Waals surface area contributed by atoms with E-state index in [1.807, 2.05) is 11.8 Å². The van der Waals surface area contributed by atoms with Gasteiger partial charge in [-0.25, -0.2) is 13.6 Å². The van der Waals surface area contributed by atoms with E-state index in [1.165, 1.54) is 12.2 Å². The number of hydrogen-bond donors (Lipinski definition) is 2. The predicted octanol–water partition coefficient (Wildman–Crippen LogP) is 1.57. The second kappa shape index (κ2) is 7.78. The maximum absolute atomic E-state index is 11.1. The van der Waals surface area contributed by atoms with Crippen molar-refractivity contribution in [2.45, 2.75) is 24.3 Å². The number of unbranched alkanes of at least 4 members (excludes halogenated alkanes) is 1. The molecule has 6 heteroatoms. The lowest BCUT2D eigenvalue weighted by molar-refractivity contribution is 0.597. The number of nitrogens with one attached hydrogen (secondary N) is 1. The fraction of sp³-hybridized carbons (Fsp3) is 0.500. The maximum atomic E-state index is 11.1. The molecule has 102 valence electrons. The average Bonchev–Trinajstić information content (AvgIpc) is 2.33. The first-order valence-corrected chi connectivity index (χ1v) is 8.79. The molecule has 0 aliphatic carbocycles. The van der Waals surface area contributed by atoms with E-state index < -0.39 is 10.0 Å². The van der Waals surface area contributed by atoms with Gasteiger partial charge in [-0.05, 0) is 49.1 Å². The Morgan fingerprint density at radius 1 is 1.22 bits per heavy atom. The Hall–Kier alpha value is -0.560. The fourth-order valence-electron chi connectivity index (χ4n) is 1.53. The quantitative estimate of drug-likeness (QED) is 0.712. The molecule has 0 saturated heterocycles. The molecule has 0 aromatic heterocycles. The Bertz CT molecular complexity index is 444. The molecule has 3 N–H and O–H groups in total. The molecule has 0 spiro atoms. The van der Waals surface area contributed by atoms with Crippen LogP contribution in [0.15, 0.2) is 29.2 Å². The standard InChI is InChI=1S/C12H20N2O2S2/c1-17-9-3-2-8-14-10-11-4-6-12(7-5-11)18(13,15)16/h4-7,14H,2-3,8-10H2,1H3,(H2,13,15,16). The summed E-state index contributed by atoms with van der Waals surface area (Å²) in [7, 11) is -3.58. The summed E-state index contributed by atoms with van der Waals surface area (Å²) in [5, 5.41) is 8.36. The highest BCUT2D eigenvalue weighted by molar-refractivity contribution is 7.98. The number of hydrogen-bond acceptors (Lipinski definition) is 4. The molecule has 0 amide bonds. The third-order valence-electron chi connectivity index (χ3n) is 2.53. The van der Waals surface area contributed by atoms with Crippen LogP contribution >= 0.6 is 11.8 Å². The summed E-state index contributed by atoms with van der Waals surface area (Å²) in [4.78, 5) is 0.159. The topological polar surface area (TPSA) is 72.2 Å². The van der Waals surface area contributed by atoms with Crippen molar-refractivity contribution in [3.05, 3.63) is 29.8 Å². The Balaban J connectivity index is 2.32. The van der Waals surface area contributed by atoms with Gasteiger partial charge in [-0.15, -0.1) is 0 Å². The van der Waals surface area contributed by atoms with E-state index in [0.717, 1.165) is 25.1 Å². The van der Waals surface area contributed by atoms with Gasteiger partial charge in [-0.2, -0.15) is 11.8 Å².